The Labute approximate surface area is 125 Å². The molecule has 1 amide bonds. The third kappa shape index (κ3) is 4.41. The fourth-order valence-electron chi connectivity index (χ4n) is 2.40. The van der Waals surface area contributed by atoms with Gasteiger partial charge in [0.1, 0.15) is 5.82 Å². The van der Waals surface area contributed by atoms with Gasteiger partial charge in [-0.2, -0.15) is 5.10 Å². The Hall–Kier alpha value is -2.17. The van der Waals surface area contributed by atoms with Crippen LogP contribution in [0.2, 0.25) is 0 Å². The summed E-state index contributed by atoms with van der Waals surface area (Å²) in [7, 11) is 0. The predicted molar refractivity (Wildman–Crippen MR) is 81.9 cm³/mol. The summed E-state index contributed by atoms with van der Waals surface area (Å²) in [5, 5.41) is 9.77. The van der Waals surface area contributed by atoms with Crippen molar-refractivity contribution in [1.29, 1.82) is 0 Å². The number of hydrogen-bond donors (Lipinski definition) is 2. The molecule has 0 saturated carbocycles. The lowest BCUT2D eigenvalue weighted by Gasteiger charge is -2.11. The van der Waals surface area contributed by atoms with E-state index in [0.717, 1.165) is 12.2 Å². The van der Waals surface area contributed by atoms with Crippen LogP contribution in [0.5, 0.6) is 0 Å². The molecule has 5 heteroatoms. The van der Waals surface area contributed by atoms with Crippen LogP contribution in [-0.2, 0) is 11.2 Å². The van der Waals surface area contributed by atoms with E-state index in [0.29, 0.717) is 12.2 Å². The summed E-state index contributed by atoms with van der Waals surface area (Å²) in [6, 6.07) is 6.21. The molecule has 2 aromatic rings. The van der Waals surface area contributed by atoms with Crippen LogP contribution in [0.3, 0.4) is 0 Å². The number of amides is 1. The van der Waals surface area contributed by atoms with Gasteiger partial charge in [-0.05, 0) is 39.7 Å². The Bertz CT molecular complexity index is 613. The van der Waals surface area contributed by atoms with Crippen LogP contribution in [0, 0.1) is 20.8 Å². The molecule has 0 saturated heterocycles. The van der Waals surface area contributed by atoms with E-state index in [1.165, 1.54) is 16.7 Å². The molecule has 0 fully saturated rings. The van der Waals surface area contributed by atoms with Gasteiger partial charge in [0, 0.05) is 6.42 Å². The van der Waals surface area contributed by atoms with Gasteiger partial charge >= 0.3 is 0 Å². The zero-order valence-electron chi connectivity index (χ0n) is 13.0. The van der Waals surface area contributed by atoms with Crippen LogP contribution in [0.1, 0.15) is 47.7 Å². The highest BCUT2D eigenvalue weighted by molar-refractivity contribution is 5.76. The SMILES string of the molecule is Cc1cc(C)cc(CCC(=O)N[C@@H](C)c2n[nH]c(C)n2)c1. The summed E-state index contributed by atoms with van der Waals surface area (Å²) >= 11 is 0. The van der Waals surface area contributed by atoms with Gasteiger partial charge in [-0.15, -0.1) is 0 Å². The quantitative estimate of drug-likeness (QED) is 0.887. The molecule has 1 heterocycles. The molecule has 2 N–H and O–H groups in total. The molecule has 2 rings (SSSR count). The molecular weight excluding hydrogens is 264 g/mol. The average Bonchev–Trinajstić information content (AvgIpc) is 2.82. The molecule has 0 aliphatic rings. The minimum absolute atomic E-state index is 0.0177. The number of aromatic nitrogens is 3. The number of benzene rings is 1. The summed E-state index contributed by atoms with van der Waals surface area (Å²) in [6.07, 6.45) is 1.21. The van der Waals surface area contributed by atoms with Crippen LogP contribution in [0.25, 0.3) is 0 Å². The normalized spacial score (nSPS) is 12.2. The first-order valence-electron chi connectivity index (χ1n) is 7.19. The Morgan fingerprint density at radius 3 is 2.48 bits per heavy atom. The first kappa shape index (κ1) is 15.2. The highest BCUT2D eigenvalue weighted by Crippen LogP contribution is 2.11. The molecule has 0 radical (unpaired) electrons. The van der Waals surface area contributed by atoms with E-state index in [2.05, 4.69) is 52.5 Å². The summed E-state index contributed by atoms with van der Waals surface area (Å²) in [6.45, 7) is 7.87. The molecule has 0 aliphatic carbocycles. The number of carbonyl (C=O) groups is 1. The van der Waals surface area contributed by atoms with E-state index in [9.17, 15) is 4.79 Å². The molecule has 0 aliphatic heterocycles. The van der Waals surface area contributed by atoms with Crippen molar-refractivity contribution in [3.8, 4) is 0 Å². The van der Waals surface area contributed by atoms with Gasteiger partial charge in [-0.3, -0.25) is 9.89 Å². The Kier molecular flexibility index (Phi) is 4.73. The highest BCUT2D eigenvalue weighted by atomic mass is 16.1. The lowest BCUT2D eigenvalue weighted by Crippen LogP contribution is -2.27. The molecule has 1 atom stereocenters. The Balaban J connectivity index is 1.87. The first-order chi connectivity index (χ1) is 9.94. The smallest absolute Gasteiger partial charge is 0.220 e. The van der Waals surface area contributed by atoms with Gasteiger partial charge in [0.15, 0.2) is 5.82 Å². The molecule has 0 spiro atoms. The van der Waals surface area contributed by atoms with Crippen LogP contribution < -0.4 is 5.32 Å². The molecule has 1 aromatic heterocycles. The van der Waals surface area contributed by atoms with Crippen molar-refractivity contribution < 1.29 is 4.79 Å². The molecule has 0 bridgehead atoms. The number of carbonyl (C=O) groups excluding carboxylic acids is 1. The first-order valence-corrected chi connectivity index (χ1v) is 7.19. The van der Waals surface area contributed by atoms with Crippen molar-refractivity contribution in [3.63, 3.8) is 0 Å². The third-order valence-corrected chi connectivity index (χ3v) is 3.30. The Morgan fingerprint density at radius 2 is 1.90 bits per heavy atom. The van der Waals surface area contributed by atoms with Crippen LogP contribution in [-0.4, -0.2) is 21.1 Å². The van der Waals surface area contributed by atoms with Gasteiger partial charge in [0.05, 0.1) is 6.04 Å². The van der Waals surface area contributed by atoms with Gasteiger partial charge in [0.2, 0.25) is 5.91 Å². The average molecular weight is 286 g/mol. The van der Waals surface area contributed by atoms with E-state index in [1.807, 2.05) is 13.8 Å². The van der Waals surface area contributed by atoms with E-state index < -0.39 is 0 Å². The van der Waals surface area contributed by atoms with Crippen molar-refractivity contribution in [1.82, 2.24) is 20.5 Å². The highest BCUT2D eigenvalue weighted by Gasteiger charge is 2.13. The largest absolute Gasteiger partial charge is 0.346 e. The van der Waals surface area contributed by atoms with Crippen molar-refractivity contribution >= 4 is 5.91 Å². The fourth-order valence-corrected chi connectivity index (χ4v) is 2.40. The van der Waals surface area contributed by atoms with E-state index in [4.69, 9.17) is 0 Å². The second-order valence-electron chi connectivity index (χ2n) is 5.56. The fraction of sp³-hybridized carbons (Fsp3) is 0.438. The van der Waals surface area contributed by atoms with Crippen LogP contribution in [0.15, 0.2) is 18.2 Å². The van der Waals surface area contributed by atoms with E-state index in [1.54, 1.807) is 0 Å². The monoisotopic (exact) mass is 286 g/mol. The maximum atomic E-state index is 12.0. The van der Waals surface area contributed by atoms with E-state index >= 15 is 0 Å². The van der Waals surface area contributed by atoms with Crippen molar-refractivity contribution in [2.45, 2.75) is 46.6 Å². The summed E-state index contributed by atoms with van der Waals surface area (Å²) in [5.74, 6) is 1.39. The molecule has 1 aromatic carbocycles. The second-order valence-corrected chi connectivity index (χ2v) is 5.56. The van der Waals surface area contributed by atoms with Crippen LogP contribution >= 0.6 is 0 Å². The second kappa shape index (κ2) is 6.52. The number of H-pyrrole nitrogens is 1. The van der Waals surface area contributed by atoms with Crippen molar-refractivity contribution in [2.24, 2.45) is 0 Å². The van der Waals surface area contributed by atoms with Gasteiger partial charge in [-0.1, -0.05) is 29.3 Å². The minimum atomic E-state index is -0.179. The zero-order valence-corrected chi connectivity index (χ0v) is 13.0. The van der Waals surface area contributed by atoms with Gasteiger partial charge < -0.3 is 5.32 Å². The molecular formula is C16H22N4O. The number of aromatic amines is 1. The summed E-state index contributed by atoms with van der Waals surface area (Å²) in [4.78, 5) is 16.2. The topological polar surface area (TPSA) is 70.7 Å². The predicted octanol–water partition coefficient (Wildman–Crippen LogP) is 2.54. The maximum absolute atomic E-state index is 12.0. The standard InChI is InChI=1S/C16H22N4O/c1-10-7-11(2)9-14(8-10)5-6-15(21)17-12(3)16-18-13(4)19-20-16/h7-9,12H,5-6H2,1-4H3,(H,17,21)(H,18,19,20)/t12-/m0/s1. The lowest BCUT2D eigenvalue weighted by molar-refractivity contribution is -0.121. The summed E-state index contributed by atoms with van der Waals surface area (Å²) in [5.41, 5.74) is 3.66. The molecule has 112 valence electrons. The lowest BCUT2D eigenvalue weighted by atomic mass is 10.0. The number of hydrogen-bond acceptors (Lipinski definition) is 3. The maximum Gasteiger partial charge on any atom is 0.220 e. The van der Waals surface area contributed by atoms with Gasteiger partial charge in [-0.25, -0.2) is 4.98 Å². The number of nitrogens with zero attached hydrogens (tertiary/aromatic N) is 2. The Morgan fingerprint density at radius 1 is 1.24 bits per heavy atom. The number of aryl methyl sites for hydroxylation is 4. The summed E-state index contributed by atoms with van der Waals surface area (Å²) < 4.78 is 0. The number of rotatable bonds is 5. The van der Waals surface area contributed by atoms with Crippen molar-refractivity contribution in [2.75, 3.05) is 0 Å². The zero-order chi connectivity index (χ0) is 15.4. The third-order valence-electron chi connectivity index (χ3n) is 3.30. The molecule has 0 unspecified atom stereocenters. The van der Waals surface area contributed by atoms with Gasteiger partial charge in [0.25, 0.3) is 0 Å². The molecule has 21 heavy (non-hydrogen) atoms. The number of nitrogens with one attached hydrogen (secondary N) is 2. The molecule has 5 nitrogen and oxygen atoms in total. The van der Waals surface area contributed by atoms with E-state index in [-0.39, 0.29) is 11.9 Å². The van der Waals surface area contributed by atoms with Crippen LogP contribution in [0.4, 0.5) is 0 Å². The minimum Gasteiger partial charge on any atom is -0.346 e. The van der Waals surface area contributed by atoms with Crippen molar-refractivity contribution in [3.05, 3.63) is 46.5 Å².